The van der Waals surface area contributed by atoms with Gasteiger partial charge in [-0.2, -0.15) is 0 Å². The van der Waals surface area contributed by atoms with Gasteiger partial charge in [-0.3, -0.25) is 4.90 Å². The highest BCUT2D eigenvalue weighted by atomic mass is 16.6. The number of benzene rings is 1. The fraction of sp³-hybridized carbons (Fsp3) is 0.533. The van der Waals surface area contributed by atoms with E-state index in [9.17, 15) is 4.79 Å². The first-order valence-corrected chi connectivity index (χ1v) is 7.11. The van der Waals surface area contributed by atoms with Gasteiger partial charge >= 0.3 is 6.09 Å². The molecule has 1 spiro atoms. The third-order valence-corrected chi connectivity index (χ3v) is 4.16. The minimum Gasteiger partial charge on any atom is -0.493 e. The lowest BCUT2D eigenvalue weighted by Gasteiger charge is -2.31. The molecule has 2 heterocycles. The molecule has 6 nitrogen and oxygen atoms in total. The molecule has 0 aliphatic carbocycles. The van der Waals surface area contributed by atoms with Gasteiger partial charge in [0.05, 0.1) is 26.5 Å². The van der Waals surface area contributed by atoms with E-state index in [1.54, 1.807) is 31.3 Å². The van der Waals surface area contributed by atoms with Crippen molar-refractivity contribution in [2.75, 3.05) is 38.8 Å². The quantitative estimate of drug-likeness (QED) is 0.920. The first-order chi connectivity index (χ1) is 10.2. The third kappa shape index (κ3) is 2.51. The third-order valence-electron chi connectivity index (χ3n) is 4.16. The molecule has 0 unspecified atom stereocenters. The Labute approximate surface area is 124 Å². The molecule has 114 valence electrons. The van der Waals surface area contributed by atoms with Gasteiger partial charge in [0, 0.05) is 18.9 Å². The summed E-state index contributed by atoms with van der Waals surface area (Å²) in [6.45, 7) is 2.35. The van der Waals surface area contributed by atoms with Crippen molar-refractivity contribution in [3.63, 3.8) is 0 Å². The second kappa shape index (κ2) is 5.44. The van der Waals surface area contributed by atoms with E-state index < -0.39 is 0 Å². The smallest absolute Gasteiger partial charge is 0.415 e. The monoisotopic (exact) mass is 292 g/mol. The van der Waals surface area contributed by atoms with Crippen LogP contribution in [0.1, 0.15) is 12.8 Å². The zero-order valence-electron chi connectivity index (χ0n) is 12.3. The van der Waals surface area contributed by atoms with Crippen LogP contribution in [0.2, 0.25) is 0 Å². The molecule has 0 atom stereocenters. The molecule has 2 aliphatic rings. The average Bonchev–Trinajstić information content (AvgIpc) is 2.83. The van der Waals surface area contributed by atoms with Crippen molar-refractivity contribution in [1.29, 1.82) is 0 Å². The fourth-order valence-corrected chi connectivity index (χ4v) is 2.96. The van der Waals surface area contributed by atoms with Crippen molar-refractivity contribution < 1.29 is 19.0 Å². The van der Waals surface area contributed by atoms with E-state index in [1.807, 2.05) is 6.07 Å². The number of nitrogens with one attached hydrogen (secondary N) is 1. The number of hydrogen-bond donors (Lipinski definition) is 1. The van der Waals surface area contributed by atoms with Crippen LogP contribution in [-0.2, 0) is 4.74 Å². The molecular formula is C15H20N2O4. The van der Waals surface area contributed by atoms with E-state index in [2.05, 4.69) is 5.32 Å². The van der Waals surface area contributed by atoms with Crippen molar-refractivity contribution in [2.24, 2.45) is 0 Å². The Balaban J connectivity index is 1.85. The molecular weight excluding hydrogens is 272 g/mol. The number of amides is 1. The molecule has 2 saturated heterocycles. The average molecular weight is 292 g/mol. The topological polar surface area (TPSA) is 60.0 Å². The highest BCUT2D eigenvalue weighted by Crippen LogP contribution is 2.37. The van der Waals surface area contributed by atoms with Crippen LogP contribution in [0, 0.1) is 0 Å². The maximum Gasteiger partial charge on any atom is 0.415 e. The lowest BCUT2D eigenvalue weighted by atomic mass is 9.92. The zero-order valence-corrected chi connectivity index (χ0v) is 12.3. The predicted molar refractivity (Wildman–Crippen MR) is 78.2 cm³/mol. The first kappa shape index (κ1) is 14.0. The second-order valence-electron chi connectivity index (χ2n) is 5.43. The fourth-order valence-electron chi connectivity index (χ4n) is 2.96. The van der Waals surface area contributed by atoms with Gasteiger partial charge in [-0.1, -0.05) is 0 Å². The number of carbonyl (C=O) groups excluding carboxylic acids is 1. The number of rotatable bonds is 3. The maximum absolute atomic E-state index is 12.2. The molecule has 1 aromatic rings. The Hall–Kier alpha value is -1.95. The van der Waals surface area contributed by atoms with E-state index >= 15 is 0 Å². The van der Waals surface area contributed by atoms with Gasteiger partial charge in [0.15, 0.2) is 11.5 Å². The van der Waals surface area contributed by atoms with Crippen LogP contribution < -0.4 is 19.7 Å². The van der Waals surface area contributed by atoms with Gasteiger partial charge in [0.25, 0.3) is 0 Å². The largest absolute Gasteiger partial charge is 0.493 e. The van der Waals surface area contributed by atoms with E-state index in [1.165, 1.54) is 0 Å². The highest BCUT2D eigenvalue weighted by Gasteiger charge is 2.46. The molecule has 0 saturated carbocycles. The van der Waals surface area contributed by atoms with Crippen molar-refractivity contribution in [3.8, 4) is 11.5 Å². The Bertz CT molecular complexity index is 540. The lowest BCUT2D eigenvalue weighted by Crippen LogP contribution is -2.44. The van der Waals surface area contributed by atoms with Crippen LogP contribution >= 0.6 is 0 Å². The number of carbonyl (C=O) groups is 1. The van der Waals surface area contributed by atoms with Gasteiger partial charge < -0.3 is 19.5 Å². The molecule has 1 amide bonds. The molecule has 6 heteroatoms. The molecule has 2 fully saturated rings. The highest BCUT2D eigenvalue weighted by molar-refractivity contribution is 5.90. The Kier molecular flexibility index (Phi) is 3.63. The zero-order chi connectivity index (χ0) is 14.9. The standard InChI is InChI=1S/C15H20N2O4/c1-19-12-4-3-11(9-13(12)20-2)17-10-15(21-14(17)18)5-7-16-8-6-15/h3-4,9,16H,5-8,10H2,1-2H3. The van der Waals surface area contributed by atoms with Crippen LogP contribution in [0.25, 0.3) is 0 Å². The molecule has 1 N–H and O–H groups in total. The van der Waals surface area contributed by atoms with Crippen LogP contribution in [-0.4, -0.2) is 45.5 Å². The van der Waals surface area contributed by atoms with Gasteiger partial charge in [0.2, 0.25) is 0 Å². The molecule has 3 rings (SSSR count). The Morgan fingerprint density at radius 2 is 1.90 bits per heavy atom. The normalized spacial score (nSPS) is 20.5. The van der Waals surface area contributed by atoms with E-state index in [0.717, 1.165) is 31.6 Å². The Morgan fingerprint density at radius 3 is 2.57 bits per heavy atom. The number of ether oxygens (including phenoxy) is 3. The summed E-state index contributed by atoms with van der Waals surface area (Å²) in [5, 5.41) is 3.29. The summed E-state index contributed by atoms with van der Waals surface area (Å²) >= 11 is 0. The van der Waals surface area contributed by atoms with E-state index in [0.29, 0.717) is 18.0 Å². The second-order valence-corrected chi connectivity index (χ2v) is 5.43. The van der Waals surface area contributed by atoms with Crippen molar-refractivity contribution >= 4 is 11.8 Å². The Morgan fingerprint density at radius 1 is 1.19 bits per heavy atom. The van der Waals surface area contributed by atoms with E-state index in [4.69, 9.17) is 14.2 Å². The molecule has 0 aromatic heterocycles. The summed E-state index contributed by atoms with van der Waals surface area (Å²) in [5.74, 6) is 1.25. The minimum absolute atomic E-state index is 0.288. The van der Waals surface area contributed by atoms with Crippen LogP contribution in [0.5, 0.6) is 11.5 Å². The summed E-state index contributed by atoms with van der Waals surface area (Å²) in [5.41, 5.74) is 0.420. The molecule has 0 bridgehead atoms. The van der Waals surface area contributed by atoms with Crippen LogP contribution in [0.4, 0.5) is 10.5 Å². The van der Waals surface area contributed by atoms with Crippen LogP contribution in [0.3, 0.4) is 0 Å². The van der Waals surface area contributed by atoms with Crippen molar-refractivity contribution in [3.05, 3.63) is 18.2 Å². The van der Waals surface area contributed by atoms with Gasteiger partial charge in [-0.05, 0) is 25.2 Å². The number of piperidine rings is 1. The molecule has 2 aliphatic heterocycles. The lowest BCUT2D eigenvalue weighted by molar-refractivity contribution is 0.0316. The summed E-state index contributed by atoms with van der Waals surface area (Å²) in [4.78, 5) is 13.9. The first-order valence-electron chi connectivity index (χ1n) is 7.11. The van der Waals surface area contributed by atoms with Gasteiger partial charge in [-0.15, -0.1) is 0 Å². The molecule has 21 heavy (non-hydrogen) atoms. The number of anilines is 1. The summed E-state index contributed by atoms with van der Waals surface area (Å²) in [6, 6.07) is 5.46. The van der Waals surface area contributed by atoms with Crippen molar-refractivity contribution in [2.45, 2.75) is 18.4 Å². The number of methoxy groups -OCH3 is 2. The number of nitrogens with zero attached hydrogens (tertiary/aromatic N) is 1. The maximum atomic E-state index is 12.2. The summed E-state index contributed by atoms with van der Waals surface area (Å²) in [7, 11) is 3.17. The van der Waals surface area contributed by atoms with E-state index in [-0.39, 0.29) is 11.7 Å². The SMILES string of the molecule is COc1ccc(N2CC3(CCNCC3)OC2=O)cc1OC. The number of hydrogen-bond acceptors (Lipinski definition) is 5. The molecule has 0 radical (unpaired) electrons. The van der Waals surface area contributed by atoms with Gasteiger partial charge in [0.1, 0.15) is 5.60 Å². The summed E-state index contributed by atoms with van der Waals surface area (Å²) < 4.78 is 16.2. The minimum atomic E-state index is -0.352. The van der Waals surface area contributed by atoms with Crippen LogP contribution in [0.15, 0.2) is 18.2 Å². The van der Waals surface area contributed by atoms with Crippen molar-refractivity contribution in [1.82, 2.24) is 5.32 Å². The van der Waals surface area contributed by atoms with Gasteiger partial charge in [-0.25, -0.2) is 4.79 Å². The predicted octanol–water partition coefficient (Wildman–Crippen LogP) is 1.78. The summed E-state index contributed by atoms with van der Waals surface area (Å²) in [6.07, 6.45) is 1.41. The molecule has 1 aromatic carbocycles.